The zero-order chi connectivity index (χ0) is 57.8. The molecule has 80 heavy (non-hydrogen) atoms. The van der Waals surface area contributed by atoms with Crippen LogP contribution in [0.3, 0.4) is 0 Å². The number of hydrogen-bond acceptors (Lipinski definition) is 6. The second kappa shape index (κ2) is 68.1. The molecule has 0 fully saturated rings. The van der Waals surface area contributed by atoms with Crippen LogP contribution in [-0.2, 0) is 28.6 Å². The quantitative estimate of drug-likeness (QED) is 0.0261. The second-order valence-corrected chi connectivity index (χ2v) is 23.0. The summed E-state index contributed by atoms with van der Waals surface area (Å²) < 4.78 is 17.0. The molecule has 0 rings (SSSR count). The van der Waals surface area contributed by atoms with Crippen molar-refractivity contribution < 1.29 is 28.6 Å². The van der Waals surface area contributed by atoms with Crippen LogP contribution in [0.25, 0.3) is 0 Å². The van der Waals surface area contributed by atoms with E-state index in [1.54, 1.807) is 0 Å². The Morgan fingerprint density at radius 1 is 0.263 bits per heavy atom. The van der Waals surface area contributed by atoms with Crippen molar-refractivity contribution >= 4 is 17.9 Å². The number of carbonyl (C=O) groups is 3. The van der Waals surface area contributed by atoms with Crippen LogP contribution in [0.15, 0.2) is 85.1 Å². The molecule has 0 heterocycles. The van der Waals surface area contributed by atoms with E-state index in [1.165, 1.54) is 186 Å². The summed E-state index contributed by atoms with van der Waals surface area (Å²) in [5, 5.41) is 0. The minimum Gasteiger partial charge on any atom is -0.462 e. The highest BCUT2D eigenvalue weighted by molar-refractivity contribution is 5.71. The van der Waals surface area contributed by atoms with E-state index < -0.39 is 6.10 Å². The fraction of sp³-hybridized carbons (Fsp3) is 0.770. The Bertz CT molecular complexity index is 1520. The highest BCUT2D eigenvalue weighted by atomic mass is 16.6. The van der Waals surface area contributed by atoms with E-state index >= 15 is 0 Å². The highest BCUT2D eigenvalue weighted by Crippen LogP contribution is 2.18. The van der Waals surface area contributed by atoms with Crippen LogP contribution in [0.5, 0.6) is 0 Å². The minimum atomic E-state index is -0.787. The molecule has 0 saturated carbocycles. The van der Waals surface area contributed by atoms with E-state index in [0.717, 1.165) is 122 Å². The van der Waals surface area contributed by atoms with Crippen LogP contribution in [0, 0.1) is 0 Å². The minimum absolute atomic E-state index is 0.0806. The monoisotopic (exact) mass is 1110 g/mol. The lowest BCUT2D eigenvalue weighted by atomic mass is 10.0. The van der Waals surface area contributed by atoms with Gasteiger partial charge in [0.2, 0.25) is 0 Å². The van der Waals surface area contributed by atoms with Gasteiger partial charge in [0, 0.05) is 19.3 Å². The van der Waals surface area contributed by atoms with Crippen LogP contribution >= 0.6 is 0 Å². The molecule has 0 aromatic heterocycles. The van der Waals surface area contributed by atoms with Crippen LogP contribution in [0.1, 0.15) is 348 Å². The lowest BCUT2D eigenvalue weighted by Crippen LogP contribution is -2.30. The third-order valence-corrected chi connectivity index (χ3v) is 15.1. The molecular formula is C74H130O6. The van der Waals surface area contributed by atoms with Gasteiger partial charge < -0.3 is 14.2 Å². The van der Waals surface area contributed by atoms with Crippen molar-refractivity contribution in [3.63, 3.8) is 0 Å². The lowest BCUT2D eigenvalue weighted by Gasteiger charge is -2.18. The van der Waals surface area contributed by atoms with Gasteiger partial charge in [-0.2, -0.15) is 0 Å². The van der Waals surface area contributed by atoms with Gasteiger partial charge in [0.05, 0.1) is 0 Å². The maximum absolute atomic E-state index is 13.0. The molecule has 0 aromatic rings. The Hall–Kier alpha value is -3.41. The third kappa shape index (κ3) is 65.4. The van der Waals surface area contributed by atoms with E-state index in [-0.39, 0.29) is 31.1 Å². The molecule has 0 aliphatic heterocycles. The van der Waals surface area contributed by atoms with E-state index in [0.29, 0.717) is 19.3 Å². The zero-order valence-corrected chi connectivity index (χ0v) is 53.1. The van der Waals surface area contributed by atoms with E-state index in [4.69, 9.17) is 14.2 Å². The second-order valence-electron chi connectivity index (χ2n) is 23.0. The normalized spacial score (nSPS) is 12.6. The number of unbranched alkanes of at least 4 members (excludes halogenated alkanes) is 38. The molecule has 1 atom stereocenters. The largest absolute Gasteiger partial charge is 0.462 e. The van der Waals surface area contributed by atoms with Crippen LogP contribution in [0.2, 0.25) is 0 Å². The predicted octanol–water partition coefficient (Wildman–Crippen LogP) is 23.8. The summed E-state index contributed by atoms with van der Waals surface area (Å²) >= 11 is 0. The molecule has 0 aliphatic rings. The van der Waals surface area contributed by atoms with Crippen molar-refractivity contribution in [2.45, 2.75) is 354 Å². The van der Waals surface area contributed by atoms with Crippen molar-refractivity contribution in [3.05, 3.63) is 85.1 Å². The lowest BCUT2D eigenvalue weighted by molar-refractivity contribution is -0.167. The fourth-order valence-corrected chi connectivity index (χ4v) is 10.0. The first-order valence-electron chi connectivity index (χ1n) is 34.6. The molecule has 1 unspecified atom stereocenters. The van der Waals surface area contributed by atoms with Crippen molar-refractivity contribution in [1.29, 1.82) is 0 Å². The molecule has 462 valence electrons. The zero-order valence-electron chi connectivity index (χ0n) is 53.1. The molecule has 0 aromatic carbocycles. The summed E-state index contributed by atoms with van der Waals surface area (Å²) in [6.45, 7) is 6.45. The van der Waals surface area contributed by atoms with Crippen molar-refractivity contribution in [2.75, 3.05) is 13.2 Å². The molecule has 0 saturated heterocycles. The maximum Gasteiger partial charge on any atom is 0.306 e. The number of hydrogen-bond donors (Lipinski definition) is 0. The number of ether oxygens (including phenoxy) is 3. The topological polar surface area (TPSA) is 78.9 Å². The SMILES string of the molecule is CC/C=C\C/C=C\C/C=C\C/C=C\CCCCCCCCCCCCC(=O)OC(COC(=O)CCCCCCC/C=C\C/C=C\C/C=C\CC)COC(=O)CCCCCCCCCCCCCCCCCCCCCCCCCC. The van der Waals surface area contributed by atoms with Gasteiger partial charge in [0.15, 0.2) is 6.10 Å². The Morgan fingerprint density at radius 3 is 0.762 bits per heavy atom. The molecule has 6 nitrogen and oxygen atoms in total. The van der Waals surface area contributed by atoms with Gasteiger partial charge in [-0.15, -0.1) is 0 Å². The number of rotatable bonds is 63. The van der Waals surface area contributed by atoms with Crippen molar-refractivity contribution in [2.24, 2.45) is 0 Å². The molecule has 0 aliphatic carbocycles. The van der Waals surface area contributed by atoms with Crippen molar-refractivity contribution in [1.82, 2.24) is 0 Å². The Labute approximate surface area is 496 Å². The van der Waals surface area contributed by atoms with Crippen LogP contribution in [-0.4, -0.2) is 37.2 Å². The first kappa shape index (κ1) is 76.6. The molecular weight excluding hydrogens is 985 g/mol. The molecule has 0 bridgehead atoms. The summed E-state index contributed by atoms with van der Waals surface area (Å²) in [6.07, 6.45) is 90.4. The maximum atomic E-state index is 13.0. The Morgan fingerprint density at radius 2 is 0.487 bits per heavy atom. The van der Waals surface area contributed by atoms with Crippen molar-refractivity contribution in [3.8, 4) is 0 Å². The van der Waals surface area contributed by atoms with E-state index in [2.05, 4.69) is 106 Å². The van der Waals surface area contributed by atoms with E-state index in [1.807, 2.05) is 0 Å². The summed E-state index contributed by atoms with van der Waals surface area (Å²) in [5.41, 5.74) is 0. The third-order valence-electron chi connectivity index (χ3n) is 15.1. The number of esters is 3. The highest BCUT2D eigenvalue weighted by Gasteiger charge is 2.19. The Kier molecular flexibility index (Phi) is 65.2. The average molecular weight is 1120 g/mol. The summed E-state index contributed by atoms with van der Waals surface area (Å²) in [4.78, 5) is 38.4. The number of allylic oxidation sites excluding steroid dienone is 14. The molecule has 0 N–H and O–H groups in total. The summed E-state index contributed by atoms with van der Waals surface area (Å²) in [7, 11) is 0. The molecule has 0 spiro atoms. The van der Waals surface area contributed by atoms with Gasteiger partial charge >= 0.3 is 17.9 Å². The van der Waals surface area contributed by atoms with Gasteiger partial charge in [-0.25, -0.2) is 0 Å². The van der Waals surface area contributed by atoms with Gasteiger partial charge in [-0.1, -0.05) is 324 Å². The smallest absolute Gasteiger partial charge is 0.306 e. The van der Waals surface area contributed by atoms with E-state index in [9.17, 15) is 14.4 Å². The summed E-state index contributed by atoms with van der Waals surface area (Å²) in [6, 6.07) is 0. The Balaban J connectivity index is 4.32. The first-order chi connectivity index (χ1) is 39.5. The number of carbonyl (C=O) groups excluding carboxylic acids is 3. The molecule has 6 heteroatoms. The van der Waals surface area contributed by atoms with Gasteiger partial charge in [0.25, 0.3) is 0 Å². The average Bonchev–Trinajstić information content (AvgIpc) is 3.46. The van der Waals surface area contributed by atoms with Crippen LogP contribution < -0.4 is 0 Å². The van der Waals surface area contributed by atoms with Gasteiger partial charge in [-0.3, -0.25) is 14.4 Å². The predicted molar refractivity (Wildman–Crippen MR) is 348 cm³/mol. The summed E-state index contributed by atoms with van der Waals surface area (Å²) in [5.74, 6) is -0.884. The van der Waals surface area contributed by atoms with Gasteiger partial charge in [-0.05, 0) is 89.9 Å². The first-order valence-corrected chi connectivity index (χ1v) is 34.6. The molecule has 0 radical (unpaired) electrons. The van der Waals surface area contributed by atoms with Crippen LogP contribution in [0.4, 0.5) is 0 Å². The standard InChI is InChI=1S/C74H130O6/c1-4-7-10-13-16-19-22-25-28-30-32-34-36-38-39-41-43-46-49-52-55-58-61-64-67-73(76)79-70-71(69-78-72(75)66-63-60-57-54-51-48-45-27-24-21-18-15-12-9-6-3)80-74(77)68-65-62-59-56-53-50-47-44-42-40-37-35-33-31-29-26-23-20-17-14-11-8-5-2/h8-9,11-12,17-18,20-21,26-27,29,33,35,45,71H,4-7,10,13-16,19,22-25,28,30-32,34,36-44,46-70H2,1-3H3/b11-8-,12-9-,20-17-,21-18-,29-26-,35-33-,45-27-. The fourth-order valence-electron chi connectivity index (χ4n) is 10.0. The van der Waals surface area contributed by atoms with Gasteiger partial charge in [0.1, 0.15) is 13.2 Å². The molecule has 0 amide bonds.